The molecule has 0 saturated carbocycles. The first-order valence-corrected chi connectivity index (χ1v) is 4.79. The lowest BCUT2D eigenvalue weighted by Gasteiger charge is -2.47. The number of nitrogen functional groups attached to an aromatic ring is 1. The van der Waals surface area contributed by atoms with Crippen LogP contribution in [0.5, 0.6) is 0 Å². The second-order valence-electron chi connectivity index (χ2n) is 3.77. The molecule has 1 fully saturated rings. The van der Waals surface area contributed by atoms with E-state index in [0.29, 0.717) is 5.82 Å². The van der Waals surface area contributed by atoms with Crippen molar-refractivity contribution in [2.24, 2.45) is 0 Å². The van der Waals surface area contributed by atoms with Gasteiger partial charge in [-0.2, -0.15) is 5.10 Å². The van der Waals surface area contributed by atoms with Gasteiger partial charge in [-0.15, -0.1) is 0 Å². The van der Waals surface area contributed by atoms with E-state index in [1.165, 1.54) is 0 Å². The van der Waals surface area contributed by atoms with Crippen LogP contribution in [0.1, 0.15) is 5.56 Å². The fraction of sp³-hybridized carbons (Fsp3) is 0.667. The number of nitrogens with zero attached hydrogens (tertiary/aromatic N) is 2. The third-order valence-corrected chi connectivity index (χ3v) is 2.82. The van der Waals surface area contributed by atoms with Gasteiger partial charge in [0, 0.05) is 26.3 Å². The summed E-state index contributed by atoms with van der Waals surface area (Å²) in [7, 11) is 3.32. The lowest BCUT2D eigenvalue weighted by atomic mass is 10.1. The lowest BCUT2D eigenvalue weighted by molar-refractivity contribution is -0.277. The van der Waals surface area contributed by atoms with Gasteiger partial charge >= 0.3 is 0 Å². The van der Waals surface area contributed by atoms with Crippen molar-refractivity contribution in [2.75, 3.05) is 33.0 Å². The second-order valence-corrected chi connectivity index (χ2v) is 3.77. The topological polar surface area (TPSA) is 76.4 Å². The van der Waals surface area contributed by atoms with Crippen LogP contribution in [0.4, 0.5) is 5.82 Å². The van der Waals surface area contributed by atoms with Crippen molar-refractivity contribution in [3.8, 4) is 0 Å². The number of nitrogens with one attached hydrogen (secondary N) is 1. The predicted octanol–water partition coefficient (Wildman–Crippen LogP) is -0.203. The van der Waals surface area contributed by atoms with Crippen molar-refractivity contribution >= 4 is 5.82 Å². The molecule has 3 N–H and O–H groups in total. The zero-order chi connectivity index (χ0) is 10.9. The SMILES string of the molecule is COC1(OC)CN(Cc2cn[nH]c2N)C1. The first-order valence-electron chi connectivity index (χ1n) is 4.79. The van der Waals surface area contributed by atoms with Crippen LogP contribution >= 0.6 is 0 Å². The largest absolute Gasteiger partial charge is 0.384 e. The Bertz CT molecular complexity index is 327. The fourth-order valence-electron chi connectivity index (χ4n) is 1.78. The van der Waals surface area contributed by atoms with Crippen LogP contribution in [0.15, 0.2) is 6.20 Å². The molecule has 15 heavy (non-hydrogen) atoms. The summed E-state index contributed by atoms with van der Waals surface area (Å²) in [6.45, 7) is 2.28. The van der Waals surface area contributed by atoms with E-state index in [4.69, 9.17) is 15.2 Å². The summed E-state index contributed by atoms with van der Waals surface area (Å²) in [5.41, 5.74) is 6.70. The fourth-order valence-corrected chi connectivity index (χ4v) is 1.78. The number of H-pyrrole nitrogens is 1. The van der Waals surface area contributed by atoms with Crippen LogP contribution in [0.25, 0.3) is 0 Å². The molecule has 2 heterocycles. The molecule has 84 valence electrons. The summed E-state index contributed by atoms with van der Waals surface area (Å²) in [6, 6.07) is 0. The van der Waals surface area contributed by atoms with Gasteiger partial charge in [0.2, 0.25) is 0 Å². The Hall–Kier alpha value is -1.11. The Balaban J connectivity index is 1.88. The molecule has 0 unspecified atom stereocenters. The standard InChI is InChI=1S/C9H16N4O2/c1-14-9(15-2)5-13(6-9)4-7-3-11-12-8(7)10/h3H,4-6H2,1-2H3,(H3,10,11,12). The number of likely N-dealkylation sites (tertiary alicyclic amines) is 1. The number of aromatic nitrogens is 2. The van der Waals surface area contributed by atoms with E-state index in [1.807, 2.05) is 0 Å². The van der Waals surface area contributed by atoms with Crippen LogP contribution in [0.2, 0.25) is 0 Å². The number of nitrogens with two attached hydrogens (primary N) is 1. The van der Waals surface area contributed by atoms with E-state index in [9.17, 15) is 0 Å². The third-order valence-electron chi connectivity index (χ3n) is 2.82. The highest BCUT2D eigenvalue weighted by molar-refractivity contribution is 5.36. The molecule has 1 aliphatic heterocycles. The van der Waals surface area contributed by atoms with Crippen molar-refractivity contribution in [1.29, 1.82) is 0 Å². The molecule has 0 aliphatic carbocycles. The molecule has 1 aliphatic rings. The molecule has 0 atom stereocenters. The average molecular weight is 212 g/mol. The zero-order valence-electron chi connectivity index (χ0n) is 8.99. The van der Waals surface area contributed by atoms with Gasteiger partial charge in [0.1, 0.15) is 5.82 Å². The summed E-state index contributed by atoms with van der Waals surface area (Å²) in [6.07, 6.45) is 1.74. The predicted molar refractivity (Wildman–Crippen MR) is 55.0 cm³/mol. The molecule has 6 heteroatoms. The Morgan fingerprint density at radius 3 is 2.67 bits per heavy atom. The van der Waals surface area contributed by atoms with E-state index in [1.54, 1.807) is 20.4 Å². The van der Waals surface area contributed by atoms with Crippen molar-refractivity contribution in [3.05, 3.63) is 11.8 Å². The van der Waals surface area contributed by atoms with E-state index in [0.717, 1.165) is 25.2 Å². The highest BCUT2D eigenvalue weighted by Gasteiger charge is 2.43. The molecule has 1 aromatic heterocycles. The summed E-state index contributed by atoms with van der Waals surface area (Å²) in [5.74, 6) is 0.195. The van der Waals surface area contributed by atoms with Gasteiger partial charge in [-0.3, -0.25) is 10.00 Å². The van der Waals surface area contributed by atoms with E-state index in [2.05, 4.69) is 15.1 Å². The van der Waals surface area contributed by atoms with Gasteiger partial charge in [0.25, 0.3) is 0 Å². The number of rotatable bonds is 4. The number of aromatic amines is 1. The number of methoxy groups -OCH3 is 2. The molecule has 2 rings (SSSR count). The summed E-state index contributed by atoms with van der Waals surface area (Å²) in [5, 5.41) is 6.58. The number of hydrogen-bond donors (Lipinski definition) is 2. The van der Waals surface area contributed by atoms with Gasteiger partial charge in [-0.25, -0.2) is 0 Å². The van der Waals surface area contributed by atoms with E-state index < -0.39 is 5.79 Å². The van der Waals surface area contributed by atoms with E-state index in [-0.39, 0.29) is 0 Å². The first kappa shape index (κ1) is 10.4. The molecular weight excluding hydrogens is 196 g/mol. The first-order chi connectivity index (χ1) is 7.19. The highest BCUT2D eigenvalue weighted by Crippen LogP contribution is 2.27. The van der Waals surface area contributed by atoms with Crippen molar-refractivity contribution in [3.63, 3.8) is 0 Å². The Kier molecular flexibility index (Phi) is 2.64. The zero-order valence-corrected chi connectivity index (χ0v) is 8.99. The van der Waals surface area contributed by atoms with Crippen LogP contribution < -0.4 is 5.73 Å². The van der Waals surface area contributed by atoms with Gasteiger partial charge in [-0.05, 0) is 0 Å². The van der Waals surface area contributed by atoms with Crippen LogP contribution in [0.3, 0.4) is 0 Å². The van der Waals surface area contributed by atoms with Gasteiger partial charge in [0.15, 0.2) is 5.79 Å². The lowest BCUT2D eigenvalue weighted by Crippen LogP contribution is -2.63. The third kappa shape index (κ3) is 1.83. The average Bonchev–Trinajstić information content (AvgIpc) is 2.57. The minimum absolute atomic E-state index is 0.432. The maximum atomic E-state index is 5.69. The summed E-state index contributed by atoms with van der Waals surface area (Å²) < 4.78 is 10.6. The highest BCUT2D eigenvalue weighted by atomic mass is 16.7. The van der Waals surface area contributed by atoms with Crippen LogP contribution in [-0.4, -0.2) is 48.2 Å². The molecular formula is C9H16N4O2. The van der Waals surface area contributed by atoms with Crippen LogP contribution in [0, 0.1) is 0 Å². The Morgan fingerprint density at radius 2 is 2.20 bits per heavy atom. The van der Waals surface area contributed by atoms with Crippen molar-refractivity contribution in [2.45, 2.75) is 12.3 Å². The number of anilines is 1. The number of hydrogen-bond acceptors (Lipinski definition) is 5. The molecule has 1 aromatic rings. The van der Waals surface area contributed by atoms with Crippen molar-refractivity contribution < 1.29 is 9.47 Å². The molecule has 0 bridgehead atoms. The molecule has 0 radical (unpaired) electrons. The molecule has 0 aromatic carbocycles. The number of ether oxygens (including phenoxy) is 2. The molecule has 0 spiro atoms. The Morgan fingerprint density at radius 1 is 1.53 bits per heavy atom. The monoisotopic (exact) mass is 212 g/mol. The molecule has 1 saturated heterocycles. The maximum absolute atomic E-state index is 5.69. The smallest absolute Gasteiger partial charge is 0.193 e. The minimum Gasteiger partial charge on any atom is -0.384 e. The quantitative estimate of drug-likeness (QED) is 0.676. The van der Waals surface area contributed by atoms with Crippen molar-refractivity contribution in [1.82, 2.24) is 15.1 Å². The maximum Gasteiger partial charge on any atom is 0.193 e. The van der Waals surface area contributed by atoms with Gasteiger partial charge < -0.3 is 15.2 Å². The second kappa shape index (κ2) is 3.80. The minimum atomic E-state index is -0.432. The molecule has 0 amide bonds. The van der Waals surface area contributed by atoms with Gasteiger partial charge in [-0.1, -0.05) is 0 Å². The molecule has 6 nitrogen and oxygen atoms in total. The summed E-state index contributed by atoms with van der Waals surface area (Å²) >= 11 is 0. The normalized spacial score (nSPS) is 20.1. The summed E-state index contributed by atoms with van der Waals surface area (Å²) in [4.78, 5) is 2.19. The van der Waals surface area contributed by atoms with Gasteiger partial charge in [0.05, 0.1) is 19.3 Å². The van der Waals surface area contributed by atoms with E-state index >= 15 is 0 Å². The Labute approximate surface area is 88.3 Å². The van der Waals surface area contributed by atoms with Crippen LogP contribution in [-0.2, 0) is 16.0 Å².